The van der Waals surface area contributed by atoms with Gasteiger partial charge in [0.05, 0.1) is 11.4 Å². The highest BCUT2D eigenvalue weighted by atomic mass is 32.2. The summed E-state index contributed by atoms with van der Waals surface area (Å²) in [6, 6.07) is 6.30. The summed E-state index contributed by atoms with van der Waals surface area (Å²) in [6.45, 7) is 4.14. The Morgan fingerprint density at radius 1 is 1.33 bits per heavy atom. The first-order chi connectivity index (χ1) is 13.0. The lowest BCUT2D eigenvalue weighted by Gasteiger charge is -2.04. The molecule has 0 aliphatic heterocycles. The van der Waals surface area contributed by atoms with Crippen molar-refractivity contribution in [2.24, 2.45) is 7.05 Å². The Balaban J connectivity index is 1.37. The second-order valence-corrected chi connectivity index (χ2v) is 8.67. The molecule has 1 saturated carbocycles. The Hall–Kier alpha value is -2.19. The van der Waals surface area contributed by atoms with Gasteiger partial charge in [-0.1, -0.05) is 29.5 Å². The quantitative estimate of drug-likeness (QED) is 0.630. The summed E-state index contributed by atoms with van der Waals surface area (Å²) in [6.07, 6.45) is 2.37. The van der Waals surface area contributed by atoms with Crippen LogP contribution in [0.5, 0.6) is 0 Å². The predicted octanol–water partition coefficient (Wildman–Crippen LogP) is 4.16. The number of thiazole rings is 1. The number of nitrogens with zero attached hydrogens (tertiary/aromatic N) is 4. The van der Waals surface area contributed by atoms with Gasteiger partial charge in [0.15, 0.2) is 10.3 Å². The molecular weight excluding hydrogens is 378 g/mol. The minimum absolute atomic E-state index is 0.0853. The van der Waals surface area contributed by atoms with Gasteiger partial charge in [-0.2, -0.15) is 0 Å². The summed E-state index contributed by atoms with van der Waals surface area (Å²) in [7, 11) is 1.96. The van der Waals surface area contributed by atoms with Gasteiger partial charge < -0.3 is 9.88 Å². The molecule has 140 valence electrons. The Bertz CT molecular complexity index is 990. The average molecular weight is 400 g/mol. The number of hydrogen-bond donors (Lipinski definition) is 1. The highest BCUT2D eigenvalue weighted by Gasteiger charge is 2.29. The van der Waals surface area contributed by atoms with Gasteiger partial charge in [-0.3, -0.25) is 4.79 Å². The van der Waals surface area contributed by atoms with Crippen molar-refractivity contribution >= 4 is 34.1 Å². The first kappa shape index (κ1) is 18.2. The van der Waals surface area contributed by atoms with Crippen LogP contribution in [0.3, 0.4) is 0 Å². The number of hydrogen-bond acceptors (Lipinski definition) is 6. The maximum absolute atomic E-state index is 12.3. The lowest BCUT2D eigenvalue weighted by molar-refractivity contribution is -0.113. The molecule has 2 aromatic heterocycles. The average Bonchev–Trinajstić information content (AvgIpc) is 3.27. The van der Waals surface area contributed by atoms with E-state index in [4.69, 9.17) is 0 Å². The molecule has 1 aliphatic carbocycles. The van der Waals surface area contributed by atoms with Crippen LogP contribution in [-0.4, -0.2) is 31.4 Å². The number of thioether (sulfide) groups is 1. The van der Waals surface area contributed by atoms with E-state index in [2.05, 4.69) is 52.5 Å². The summed E-state index contributed by atoms with van der Waals surface area (Å²) in [5.74, 6) is 1.77. The Morgan fingerprint density at radius 3 is 2.93 bits per heavy atom. The number of anilines is 1. The zero-order valence-electron chi connectivity index (χ0n) is 15.5. The number of rotatable bonds is 6. The third kappa shape index (κ3) is 4.06. The highest BCUT2D eigenvalue weighted by molar-refractivity contribution is 7.99. The molecule has 0 atom stereocenters. The predicted molar refractivity (Wildman–Crippen MR) is 109 cm³/mol. The van der Waals surface area contributed by atoms with E-state index in [1.165, 1.54) is 47.1 Å². The molecule has 0 spiro atoms. The maximum atomic E-state index is 12.3. The molecule has 0 radical (unpaired) electrons. The van der Waals surface area contributed by atoms with Crippen molar-refractivity contribution in [2.75, 3.05) is 11.1 Å². The second kappa shape index (κ2) is 7.44. The fourth-order valence-corrected chi connectivity index (χ4v) is 4.35. The SMILES string of the molecule is Cc1ccc(C)c(-c2csc(NC(=O)CSc3nnc(C4CC4)n3C)n2)c1. The number of benzene rings is 1. The molecule has 0 unspecified atom stereocenters. The first-order valence-electron chi connectivity index (χ1n) is 8.86. The van der Waals surface area contributed by atoms with Crippen LogP contribution >= 0.6 is 23.1 Å². The molecule has 2 heterocycles. The molecule has 1 aromatic carbocycles. The van der Waals surface area contributed by atoms with E-state index >= 15 is 0 Å². The smallest absolute Gasteiger partial charge is 0.236 e. The van der Waals surface area contributed by atoms with Crippen molar-refractivity contribution in [2.45, 2.75) is 37.8 Å². The van der Waals surface area contributed by atoms with Gasteiger partial charge in [0.25, 0.3) is 0 Å². The molecule has 0 saturated heterocycles. The van der Waals surface area contributed by atoms with Crippen LogP contribution in [0.1, 0.15) is 35.7 Å². The van der Waals surface area contributed by atoms with Crippen LogP contribution < -0.4 is 5.32 Å². The number of amides is 1. The highest BCUT2D eigenvalue weighted by Crippen LogP contribution is 2.39. The van der Waals surface area contributed by atoms with Gasteiger partial charge in [-0.15, -0.1) is 21.5 Å². The summed E-state index contributed by atoms with van der Waals surface area (Å²) in [4.78, 5) is 16.9. The fourth-order valence-electron chi connectivity index (χ4n) is 2.90. The largest absolute Gasteiger partial charge is 0.309 e. The van der Waals surface area contributed by atoms with E-state index in [0.29, 0.717) is 11.0 Å². The van der Waals surface area contributed by atoms with Crippen LogP contribution in [-0.2, 0) is 11.8 Å². The summed E-state index contributed by atoms with van der Waals surface area (Å²) < 4.78 is 2.00. The van der Waals surface area contributed by atoms with Gasteiger partial charge in [-0.05, 0) is 38.3 Å². The molecule has 4 rings (SSSR count). The zero-order valence-corrected chi connectivity index (χ0v) is 17.2. The van der Waals surface area contributed by atoms with Gasteiger partial charge in [0, 0.05) is 23.9 Å². The van der Waals surface area contributed by atoms with Crippen LogP contribution in [0.25, 0.3) is 11.3 Å². The van der Waals surface area contributed by atoms with E-state index in [0.717, 1.165) is 22.2 Å². The number of nitrogens with one attached hydrogen (secondary N) is 1. The Morgan fingerprint density at radius 2 is 2.15 bits per heavy atom. The van der Waals surface area contributed by atoms with Crippen LogP contribution in [0.2, 0.25) is 0 Å². The van der Waals surface area contributed by atoms with Gasteiger partial charge in [0.1, 0.15) is 5.82 Å². The lowest BCUT2D eigenvalue weighted by Crippen LogP contribution is -2.14. The minimum atomic E-state index is -0.0853. The van der Waals surface area contributed by atoms with E-state index in [-0.39, 0.29) is 11.7 Å². The van der Waals surface area contributed by atoms with Crippen molar-refractivity contribution in [3.63, 3.8) is 0 Å². The van der Waals surface area contributed by atoms with Gasteiger partial charge in [-0.25, -0.2) is 4.98 Å². The fraction of sp³-hybridized carbons (Fsp3) is 0.368. The van der Waals surface area contributed by atoms with Crippen molar-refractivity contribution in [3.05, 3.63) is 40.5 Å². The summed E-state index contributed by atoms with van der Waals surface area (Å²) in [5.41, 5.74) is 4.37. The van der Waals surface area contributed by atoms with E-state index in [9.17, 15) is 4.79 Å². The Kier molecular flexibility index (Phi) is 5.01. The van der Waals surface area contributed by atoms with Crippen molar-refractivity contribution in [3.8, 4) is 11.3 Å². The second-order valence-electron chi connectivity index (χ2n) is 6.87. The third-order valence-electron chi connectivity index (χ3n) is 4.56. The third-order valence-corrected chi connectivity index (χ3v) is 6.34. The molecule has 1 N–H and O–H groups in total. The zero-order chi connectivity index (χ0) is 19.0. The van der Waals surface area contributed by atoms with Crippen molar-refractivity contribution in [1.82, 2.24) is 19.7 Å². The number of carbonyl (C=O) groups excluding carboxylic acids is 1. The number of aryl methyl sites for hydroxylation is 2. The number of aromatic nitrogens is 4. The van der Waals surface area contributed by atoms with Crippen LogP contribution in [0.15, 0.2) is 28.7 Å². The molecule has 1 aliphatic rings. The lowest BCUT2D eigenvalue weighted by atomic mass is 10.0. The molecule has 1 fully saturated rings. The summed E-state index contributed by atoms with van der Waals surface area (Å²) >= 11 is 2.85. The standard InChI is InChI=1S/C19H21N5OS2/c1-11-4-5-12(2)14(8-11)15-9-26-18(20-15)21-16(25)10-27-19-23-22-17(24(19)3)13-6-7-13/h4-5,8-9,13H,6-7,10H2,1-3H3,(H,20,21,25). The van der Waals surface area contributed by atoms with Crippen molar-refractivity contribution < 1.29 is 4.79 Å². The molecule has 1 amide bonds. The van der Waals surface area contributed by atoms with E-state index in [1.807, 2.05) is 17.0 Å². The molecule has 3 aromatic rings. The van der Waals surface area contributed by atoms with Crippen LogP contribution in [0.4, 0.5) is 5.13 Å². The molecule has 6 nitrogen and oxygen atoms in total. The Labute approximate surface area is 166 Å². The topological polar surface area (TPSA) is 72.7 Å². The molecule has 8 heteroatoms. The van der Waals surface area contributed by atoms with E-state index in [1.54, 1.807) is 0 Å². The van der Waals surface area contributed by atoms with E-state index < -0.39 is 0 Å². The summed E-state index contributed by atoms with van der Waals surface area (Å²) in [5, 5.41) is 14.7. The molecular formula is C19H21N5OS2. The monoisotopic (exact) mass is 399 g/mol. The van der Waals surface area contributed by atoms with Crippen molar-refractivity contribution in [1.29, 1.82) is 0 Å². The maximum Gasteiger partial charge on any atom is 0.236 e. The normalized spacial score (nSPS) is 13.7. The number of carbonyl (C=O) groups is 1. The van der Waals surface area contributed by atoms with Crippen LogP contribution in [0, 0.1) is 13.8 Å². The molecule has 27 heavy (non-hydrogen) atoms. The van der Waals surface area contributed by atoms with Gasteiger partial charge >= 0.3 is 0 Å². The first-order valence-corrected chi connectivity index (χ1v) is 10.7. The van der Waals surface area contributed by atoms with Gasteiger partial charge in [0.2, 0.25) is 5.91 Å². The minimum Gasteiger partial charge on any atom is -0.309 e. The molecule has 0 bridgehead atoms.